The van der Waals surface area contributed by atoms with E-state index in [1.807, 2.05) is 24.3 Å². The number of nitrogens with zero attached hydrogens (tertiary/aromatic N) is 2. The van der Waals surface area contributed by atoms with E-state index in [0.29, 0.717) is 13.2 Å². The van der Waals surface area contributed by atoms with Crippen molar-refractivity contribution < 1.29 is 19.3 Å². The summed E-state index contributed by atoms with van der Waals surface area (Å²) in [5.74, 6) is 0.849. The van der Waals surface area contributed by atoms with Gasteiger partial charge in [0.15, 0.2) is 6.29 Å². The minimum Gasteiger partial charge on any atom is -0.496 e. The molecule has 144 valence electrons. The van der Waals surface area contributed by atoms with Gasteiger partial charge in [0.05, 0.1) is 31.9 Å². The van der Waals surface area contributed by atoms with E-state index in [-0.39, 0.29) is 24.5 Å². The lowest BCUT2D eigenvalue weighted by atomic mass is 9.94. The molecule has 2 bridgehead atoms. The number of piperazine rings is 1. The molecule has 26 heavy (non-hydrogen) atoms. The predicted octanol–water partition coefficient (Wildman–Crippen LogP) is -0.115. The number of aliphatic hydroxyl groups is 1. The molecule has 2 N–H and O–H groups in total. The van der Waals surface area contributed by atoms with Crippen LogP contribution in [0.1, 0.15) is 5.56 Å². The van der Waals surface area contributed by atoms with Crippen LogP contribution in [0.2, 0.25) is 0 Å². The Morgan fingerprint density at radius 3 is 2.77 bits per heavy atom. The quantitative estimate of drug-likeness (QED) is 0.756. The zero-order valence-electron chi connectivity index (χ0n) is 15.5. The summed E-state index contributed by atoms with van der Waals surface area (Å²) in [7, 11) is 3.81. The van der Waals surface area contributed by atoms with Crippen molar-refractivity contribution in [2.45, 2.75) is 37.1 Å². The molecule has 0 amide bonds. The van der Waals surface area contributed by atoms with Gasteiger partial charge in [-0.2, -0.15) is 0 Å². The van der Waals surface area contributed by atoms with Crippen LogP contribution in [-0.2, 0) is 16.0 Å². The predicted molar refractivity (Wildman–Crippen MR) is 97.1 cm³/mol. The second-order valence-electron chi connectivity index (χ2n) is 7.42. The number of ether oxygens (including phenoxy) is 3. The second kappa shape index (κ2) is 7.80. The van der Waals surface area contributed by atoms with Gasteiger partial charge in [0.2, 0.25) is 0 Å². The molecule has 3 aliphatic heterocycles. The molecule has 0 aliphatic carbocycles. The van der Waals surface area contributed by atoms with Gasteiger partial charge in [0.1, 0.15) is 11.9 Å². The maximum Gasteiger partial charge on any atom is 0.176 e. The van der Waals surface area contributed by atoms with Crippen LogP contribution >= 0.6 is 0 Å². The van der Waals surface area contributed by atoms with Gasteiger partial charge in [-0.3, -0.25) is 4.90 Å². The highest BCUT2D eigenvalue weighted by Gasteiger charge is 2.52. The number of para-hydroxylation sites is 1. The Hall–Kier alpha value is -1.22. The highest BCUT2D eigenvalue weighted by Crippen LogP contribution is 2.32. The Kier molecular flexibility index (Phi) is 5.45. The summed E-state index contributed by atoms with van der Waals surface area (Å²) >= 11 is 0. The first kappa shape index (κ1) is 18.2. The van der Waals surface area contributed by atoms with Crippen LogP contribution in [0.5, 0.6) is 5.75 Å². The van der Waals surface area contributed by atoms with Crippen molar-refractivity contribution in [2.24, 2.45) is 0 Å². The van der Waals surface area contributed by atoms with Crippen LogP contribution in [0, 0.1) is 0 Å². The standard InChI is InChI=1S/C19H29N3O4/c1-21-7-9-22(10-8-21)17-18(23)16(15-12-25-19(17)26-15)20-11-13-5-3-4-6-14(13)24-2/h3-6,15-20,23H,7-12H2,1-2H3/t15-,16-,17-,18+,19-/m1/s1. The van der Waals surface area contributed by atoms with Gasteiger partial charge in [0, 0.05) is 38.3 Å². The van der Waals surface area contributed by atoms with Gasteiger partial charge in [-0.1, -0.05) is 18.2 Å². The number of nitrogens with one attached hydrogen (secondary N) is 1. The molecule has 3 fully saturated rings. The molecule has 4 rings (SSSR count). The third kappa shape index (κ3) is 3.47. The molecule has 0 radical (unpaired) electrons. The number of benzene rings is 1. The Bertz CT molecular complexity index is 608. The number of methoxy groups -OCH3 is 1. The van der Waals surface area contributed by atoms with Crippen LogP contribution in [0.4, 0.5) is 0 Å². The molecule has 1 aromatic rings. The second-order valence-corrected chi connectivity index (χ2v) is 7.42. The van der Waals surface area contributed by atoms with E-state index in [9.17, 15) is 5.11 Å². The summed E-state index contributed by atoms with van der Waals surface area (Å²) in [5, 5.41) is 14.6. The maximum absolute atomic E-state index is 11.1. The van der Waals surface area contributed by atoms with Crippen molar-refractivity contribution in [3.8, 4) is 5.75 Å². The average molecular weight is 363 g/mol. The van der Waals surface area contributed by atoms with Gasteiger partial charge in [-0.25, -0.2) is 0 Å². The summed E-state index contributed by atoms with van der Waals surface area (Å²) < 4.78 is 17.4. The van der Waals surface area contributed by atoms with Crippen molar-refractivity contribution in [1.82, 2.24) is 15.1 Å². The lowest BCUT2D eigenvalue weighted by Gasteiger charge is -2.46. The van der Waals surface area contributed by atoms with Gasteiger partial charge in [-0.15, -0.1) is 0 Å². The Morgan fingerprint density at radius 1 is 1.23 bits per heavy atom. The SMILES string of the molecule is COc1ccccc1CN[C@H]1[C@H](O)[C@@H](N2CCN(C)CC2)[C@@H]2OC[C@H]1O2. The van der Waals surface area contributed by atoms with E-state index in [2.05, 4.69) is 22.2 Å². The molecule has 0 saturated carbocycles. The number of hydrogen-bond acceptors (Lipinski definition) is 7. The molecule has 5 atom stereocenters. The zero-order chi connectivity index (χ0) is 18.1. The van der Waals surface area contributed by atoms with Crippen molar-refractivity contribution in [3.05, 3.63) is 29.8 Å². The highest BCUT2D eigenvalue weighted by atomic mass is 16.7. The first-order valence-electron chi connectivity index (χ1n) is 9.40. The van der Waals surface area contributed by atoms with Crippen LogP contribution < -0.4 is 10.1 Å². The monoisotopic (exact) mass is 363 g/mol. The van der Waals surface area contributed by atoms with Gasteiger partial charge in [-0.05, 0) is 13.1 Å². The topological polar surface area (TPSA) is 66.4 Å². The van der Waals surface area contributed by atoms with E-state index >= 15 is 0 Å². The molecule has 3 saturated heterocycles. The van der Waals surface area contributed by atoms with E-state index in [1.165, 1.54) is 0 Å². The third-order valence-corrected chi connectivity index (χ3v) is 5.81. The lowest BCUT2D eigenvalue weighted by molar-refractivity contribution is -0.186. The number of likely N-dealkylation sites (N-methyl/N-ethyl adjacent to an activating group) is 1. The van der Waals surface area contributed by atoms with Crippen molar-refractivity contribution in [3.63, 3.8) is 0 Å². The molecule has 1 aromatic carbocycles. The Balaban J connectivity index is 1.45. The Labute approximate surface area is 154 Å². The summed E-state index contributed by atoms with van der Waals surface area (Å²) in [4.78, 5) is 4.62. The third-order valence-electron chi connectivity index (χ3n) is 5.81. The minimum atomic E-state index is -0.528. The Morgan fingerprint density at radius 2 is 2.00 bits per heavy atom. The fraction of sp³-hybridized carbons (Fsp3) is 0.684. The van der Waals surface area contributed by atoms with E-state index < -0.39 is 6.10 Å². The van der Waals surface area contributed by atoms with E-state index in [0.717, 1.165) is 37.5 Å². The van der Waals surface area contributed by atoms with Gasteiger partial charge in [0.25, 0.3) is 0 Å². The normalized spacial score (nSPS) is 35.6. The first-order valence-corrected chi connectivity index (χ1v) is 9.40. The summed E-state index contributed by atoms with van der Waals surface area (Å²) in [5.41, 5.74) is 1.07. The number of fused-ring (bicyclic) bond motifs is 2. The molecule has 0 spiro atoms. The van der Waals surface area contributed by atoms with Gasteiger partial charge < -0.3 is 29.5 Å². The highest BCUT2D eigenvalue weighted by molar-refractivity contribution is 5.33. The van der Waals surface area contributed by atoms with Crippen molar-refractivity contribution in [1.29, 1.82) is 0 Å². The first-order chi connectivity index (χ1) is 12.7. The maximum atomic E-state index is 11.1. The van der Waals surface area contributed by atoms with Crippen molar-refractivity contribution >= 4 is 0 Å². The number of hydrogen-bond donors (Lipinski definition) is 2. The molecular weight excluding hydrogens is 334 g/mol. The summed E-state index contributed by atoms with van der Waals surface area (Å²) in [6.45, 7) is 4.98. The lowest BCUT2D eigenvalue weighted by Crippen LogP contribution is -2.66. The van der Waals surface area contributed by atoms with Crippen LogP contribution in [-0.4, -0.2) is 92.4 Å². The number of aliphatic hydroxyl groups excluding tert-OH is 1. The van der Waals surface area contributed by atoms with E-state index in [1.54, 1.807) is 7.11 Å². The molecule has 7 heteroatoms. The van der Waals surface area contributed by atoms with Crippen molar-refractivity contribution in [2.75, 3.05) is 46.9 Å². The van der Waals surface area contributed by atoms with Crippen LogP contribution in [0.25, 0.3) is 0 Å². The summed E-state index contributed by atoms with van der Waals surface area (Å²) in [6.07, 6.45) is -0.976. The number of rotatable bonds is 5. The molecule has 3 heterocycles. The largest absolute Gasteiger partial charge is 0.496 e. The molecule has 0 unspecified atom stereocenters. The average Bonchev–Trinajstić information content (AvgIpc) is 3.08. The molecule has 7 nitrogen and oxygen atoms in total. The van der Waals surface area contributed by atoms with Gasteiger partial charge >= 0.3 is 0 Å². The molecule has 0 aromatic heterocycles. The zero-order valence-corrected chi connectivity index (χ0v) is 15.5. The van der Waals surface area contributed by atoms with E-state index in [4.69, 9.17) is 14.2 Å². The minimum absolute atomic E-state index is 0.117. The fourth-order valence-electron chi connectivity index (χ4n) is 4.24. The van der Waals surface area contributed by atoms with Crippen LogP contribution in [0.3, 0.4) is 0 Å². The smallest absolute Gasteiger partial charge is 0.176 e. The molecular formula is C19H29N3O4. The fourth-order valence-corrected chi connectivity index (χ4v) is 4.24. The molecule has 3 aliphatic rings. The summed E-state index contributed by atoms with van der Waals surface area (Å²) in [6, 6.07) is 7.65. The van der Waals surface area contributed by atoms with Crippen LogP contribution in [0.15, 0.2) is 24.3 Å².